The first kappa shape index (κ1) is 42.9. The predicted octanol–water partition coefficient (Wildman–Crippen LogP) is 5.71. The number of nitriles is 1. The van der Waals surface area contributed by atoms with Crippen LogP contribution in [0.25, 0.3) is 11.1 Å². The molecule has 1 aliphatic carbocycles. The smallest absolute Gasteiger partial charge is 0.322 e. The Balaban J connectivity index is 0.849. The van der Waals surface area contributed by atoms with E-state index in [9.17, 15) is 28.8 Å². The summed E-state index contributed by atoms with van der Waals surface area (Å²) < 4.78 is 13.4. The highest BCUT2D eigenvalue weighted by Crippen LogP contribution is 2.34. The Bertz CT molecular complexity index is 2670. The molecule has 8 rings (SSSR count). The van der Waals surface area contributed by atoms with Crippen molar-refractivity contribution in [2.45, 2.75) is 69.6 Å². The maximum atomic E-state index is 14.1. The minimum Gasteiger partial charge on any atom is -0.493 e. The Morgan fingerprint density at radius 1 is 0.859 bits per heavy atom. The molecule has 326 valence electrons. The summed E-state index contributed by atoms with van der Waals surface area (Å²) in [6.07, 6.45) is 7.06. The van der Waals surface area contributed by atoms with Gasteiger partial charge in [0.25, 0.3) is 11.8 Å². The molecule has 1 atom stereocenters. The Labute approximate surface area is 368 Å². The number of ether oxygens (including phenoxy) is 2. The van der Waals surface area contributed by atoms with Crippen molar-refractivity contribution in [1.29, 1.82) is 5.26 Å². The summed E-state index contributed by atoms with van der Waals surface area (Å²) in [4.78, 5) is 83.7. The zero-order valence-electron chi connectivity index (χ0n) is 35.1. The van der Waals surface area contributed by atoms with Crippen molar-refractivity contribution in [3.05, 3.63) is 136 Å². The summed E-state index contributed by atoms with van der Waals surface area (Å²) in [5.41, 5.74) is 4.10. The minimum atomic E-state index is -1.06. The maximum Gasteiger partial charge on any atom is 0.322 e. The summed E-state index contributed by atoms with van der Waals surface area (Å²) in [6.45, 7) is 0.780. The molecule has 1 saturated carbocycles. The Morgan fingerprint density at radius 2 is 1.61 bits per heavy atom. The van der Waals surface area contributed by atoms with Crippen LogP contribution >= 0.6 is 0 Å². The topological polar surface area (TPSA) is 205 Å². The van der Waals surface area contributed by atoms with E-state index in [2.05, 4.69) is 27.0 Å². The number of pyridine rings is 2. The van der Waals surface area contributed by atoms with Crippen LogP contribution in [-0.4, -0.2) is 75.5 Å². The van der Waals surface area contributed by atoms with Gasteiger partial charge in [0.2, 0.25) is 17.4 Å². The SMILES string of the molecule is Cn1cc(-c2ccc(N(C(=O)NCc3ccc(OCCCOc4cccc5c4C(=O)N(C4CCC(=O)NC4=O)C5=O)cc3)[C@H]3CC[C@H](Nc4ccc(C#N)cn4)CC3)cc2)ccc1=O. The van der Waals surface area contributed by atoms with Crippen LogP contribution in [0.4, 0.5) is 16.3 Å². The first-order valence-corrected chi connectivity index (χ1v) is 21.2. The van der Waals surface area contributed by atoms with Gasteiger partial charge in [0.1, 0.15) is 29.4 Å². The van der Waals surface area contributed by atoms with Gasteiger partial charge in [-0.1, -0.05) is 30.3 Å². The summed E-state index contributed by atoms with van der Waals surface area (Å²) in [5, 5.41) is 17.9. The monoisotopic (exact) mass is 862 g/mol. The first-order chi connectivity index (χ1) is 31.1. The second-order valence-corrected chi connectivity index (χ2v) is 16.0. The molecular formula is C48H46N8O8. The highest BCUT2D eigenvalue weighted by Gasteiger charge is 2.46. The van der Waals surface area contributed by atoms with E-state index in [1.54, 1.807) is 49.8 Å². The largest absolute Gasteiger partial charge is 0.493 e. The van der Waals surface area contributed by atoms with Crippen molar-refractivity contribution in [3.8, 4) is 28.7 Å². The standard InChI is InChI=1S/C48H46N8O8/c1-54-29-33(11-23-43(54)58)32-9-14-35(15-10-32)55(36-16-12-34(13-17-36)52-41-21-8-31(26-49)28-50-41)48(62)51-27-30-6-18-37(19-7-30)63-24-3-25-64-40-5-2-4-38-44(40)47(61)56(46(38)60)39-20-22-42(57)53-45(39)59/h2,4-11,14-15,18-19,21,23,28-29,34,36,39H,3,12-13,16-17,20,22,24-25,27H2,1H3,(H,50,52)(H,51,62)(H,53,57,59)/t34-,36-,39?. The van der Waals surface area contributed by atoms with Gasteiger partial charge in [-0.05, 0) is 103 Å². The van der Waals surface area contributed by atoms with Crippen molar-refractivity contribution in [1.82, 2.24) is 25.1 Å². The highest BCUT2D eigenvalue weighted by atomic mass is 16.5. The number of nitrogens with one attached hydrogen (secondary N) is 3. The quantitative estimate of drug-likeness (QED) is 0.0912. The second-order valence-electron chi connectivity index (χ2n) is 16.0. The van der Waals surface area contributed by atoms with Gasteiger partial charge < -0.3 is 24.7 Å². The first-order valence-electron chi connectivity index (χ1n) is 21.2. The van der Waals surface area contributed by atoms with Gasteiger partial charge in [0, 0.05) is 62.7 Å². The van der Waals surface area contributed by atoms with Crippen LogP contribution in [0, 0.1) is 11.3 Å². The number of aromatic nitrogens is 2. The number of carbonyl (C=O) groups is 5. The fraction of sp³-hybridized carbons (Fsp3) is 0.292. The van der Waals surface area contributed by atoms with Gasteiger partial charge in [-0.2, -0.15) is 5.26 Å². The maximum absolute atomic E-state index is 14.1. The van der Waals surface area contributed by atoms with Gasteiger partial charge >= 0.3 is 6.03 Å². The molecule has 2 aliphatic heterocycles. The molecule has 3 aliphatic rings. The molecule has 0 bridgehead atoms. The van der Waals surface area contributed by atoms with Gasteiger partial charge in [-0.3, -0.25) is 39.1 Å². The van der Waals surface area contributed by atoms with Crippen LogP contribution in [0.5, 0.6) is 11.5 Å². The Morgan fingerprint density at radius 3 is 2.31 bits per heavy atom. The average molecular weight is 863 g/mol. The molecule has 5 aromatic rings. The second kappa shape index (κ2) is 19.1. The highest BCUT2D eigenvalue weighted by molar-refractivity contribution is 6.24. The molecule has 16 heteroatoms. The number of hydrogen-bond acceptors (Lipinski definition) is 11. The van der Waals surface area contributed by atoms with E-state index >= 15 is 0 Å². The molecule has 2 aromatic heterocycles. The normalized spacial score (nSPS) is 18.1. The molecule has 6 amide bonds. The summed E-state index contributed by atoms with van der Waals surface area (Å²) >= 11 is 0. The Kier molecular flexibility index (Phi) is 12.8. The molecule has 3 aromatic carbocycles. The molecule has 64 heavy (non-hydrogen) atoms. The fourth-order valence-corrected chi connectivity index (χ4v) is 8.31. The third kappa shape index (κ3) is 9.48. The van der Waals surface area contributed by atoms with Crippen molar-refractivity contribution in [2.75, 3.05) is 23.4 Å². The molecule has 1 saturated heterocycles. The Hall–Kier alpha value is -7.80. The van der Waals surface area contributed by atoms with Crippen molar-refractivity contribution in [3.63, 3.8) is 0 Å². The zero-order valence-corrected chi connectivity index (χ0v) is 35.1. The van der Waals surface area contributed by atoms with E-state index in [1.807, 2.05) is 53.4 Å². The lowest BCUT2D eigenvalue weighted by molar-refractivity contribution is -0.136. The number of fused-ring (bicyclic) bond motifs is 1. The van der Waals surface area contributed by atoms with Gasteiger partial charge in [0.15, 0.2) is 0 Å². The average Bonchev–Trinajstić information content (AvgIpc) is 3.56. The number of piperidine rings is 1. The molecule has 1 unspecified atom stereocenters. The van der Waals surface area contributed by atoms with Crippen LogP contribution in [0.2, 0.25) is 0 Å². The van der Waals surface area contributed by atoms with Gasteiger partial charge in [-0.15, -0.1) is 0 Å². The third-order valence-corrected chi connectivity index (χ3v) is 11.7. The lowest BCUT2D eigenvalue weighted by Crippen LogP contribution is -2.54. The molecule has 0 radical (unpaired) electrons. The van der Waals surface area contributed by atoms with Crippen molar-refractivity contribution in [2.24, 2.45) is 7.05 Å². The number of imide groups is 2. The summed E-state index contributed by atoms with van der Waals surface area (Å²) in [6, 6.07) is 27.7. The van der Waals surface area contributed by atoms with Crippen LogP contribution in [0.3, 0.4) is 0 Å². The molecule has 2 fully saturated rings. The van der Waals surface area contributed by atoms with Crippen LogP contribution < -0.4 is 35.9 Å². The van der Waals surface area contributed by atoms with Crippen LogP contribution in [0.15, 0.2) is 108 Å². The number of benzene rings is 3. The molecule has 16 nitrogen and oxygen atoms in total. The van der Waals surface area contributed by atoms with E-state index in [1.165, 1.54) is 16.7 Å². The van der Waals surface area contributed by atoms with Crippen molar-refractivity contribution < 1.29 is 33.4 Å². The molecule has 0 spiro atoms. The van der Waals surface area contributed by atoms with E-state index in [4.69, 9.17) is 14.7 Å². The minimum absolute atomic E-state index is 0.0344. The number of rotatable bonds is 14. The number of carbonyl (C=O) groups excluding carboxylic acids is 5. The van der Waals surface area contributed by atoms with E-state index in [0.717, 1.165) is 53.0 Å². The zero-order chi connectivity index (χ0) is 44.7. The van der Waals surface area contributed by atoms with Gasteiger partial charge in [-0.25, -0.2) is 9.78 Å². The molecular weight excluding hydrogens is 817 g/mol. The molecule has 4 heterocycles. The molecule has 3 N–H and O–H groups in total. The van der Waals surface area contributed by atoms with Crippen LogP contribution in [0.1, 0.15) is 76.8 Å². The number of aryl methyl sites for hydroxylation is 1. The van der Waals surface area contributed by atoms with Crippen LogP contribution in [-0.2, 0) is 23.2 Å². The summed E-state index contributed by atoms with van der Waals surface area (Å²) in [7, 11) is 1.71. The number of amides is 6. The van der Waals surface area contributed by atoms with Gasteiger partial charge in [0.05, 0.1) is 29.9 Å². The van der Waals surface area contributed by atoms with E-state index in [-0.39, 0.29) is 66.5 Å². The van der Waals surface area contributed by atoms with E-state index in [0.29, 0.717) is 30.2 Å². The predicted molar refractivity (Wildman–Crippen MR) is 236 cm³/mol. The number of nitrogens with zero attached hydrogens (tertiary/aromatic N) is 5. The lowest BCUT2D eigenvalue weighted by Gasteiger charge is -2.37. The van der Waals surface area contributed by atoms with Crippen molar-refractivity contribution >= 4 is 41.2 Å². The number of anilines is 2. The summed E-state index contributed by atoms with van der Waals surface area (Å²) in [5.74, 6) is -0.773. The lowest BCUT2D eigenvalue weighted by atomic mass is 9.89. The number of urea groups is 1. The van der Waals surface area contributed by atoms with E-state index < -0.39 is 29.7 Å². The number of hydrogen-bond donors (Lipinski definition) is 3. The fourth-order valence-electron chi connectivity index (χ4n) is 8.31. The third-order valence-electron chi connectivity index (χ3n) is 11.7.